The molecule has 0 radical (unpaired) electrons. The minimum absolute atomic E-state index is 0.00659. The van der Waals surface area contributed by atoms with E-state index in [2.05, 4.69) is 76.5 Å². The predicted molar refractivity (Wildman–Crippen MR) is 218 cm³/mol. The molecule has 4 saturated carbocycles. The quantitative estimate of drug-likeness (QED) is 0.270. The summed E-state index contributed by atoms with van der Waals surface area (Å²) in [6.07, 6.45) is 15.5. The summed E-state index contributed by atoms with van der Waals surface area (Å²) >= 11 is 0. The summed E-state index contributed by atoms with van der Waals surface area (Å²) in [6.45, 7) is 25.2. The third kappa shape index (κ3) is 5.50. The van der Waals surface area contributed by atoms with E-state index in [-0.39, 0.29) is 44.2 Å². The van der Waals surface area contributed by atoms with E-state index in [1.165, 1.54) is 68.1 Å². The number of fused-ring (bicyclic) bond motifs is 7. The number of carboxylic acid groups (broad SMARTS) is 1. The highest BCUT2D eigenvalue weighted by molar-refractivity contribution is 7.91. The van der Waals surface area contributed by atoms with Crippen LogP contribution in [0.5, 0.6) is 0 Å². The molecule has 1 aromatic carbocycles. The fraction of sp³-hybridized carbons (Fsp3) is 0.733. The molecule has 5 fully saturated rings. The van der Waals surface area contributed by atoms with Gasteiger partial charge in [-0.05, 0) is 146 Å². The number of carbonyl (C=O) groups is 1. The number of allylic oxidation sites excluding steroid dienone is 3. The molecule has 7 aliphatic rings. The van der Waals surface area contributed by atoms with E-state index < -0.39 is 15.8 Å². The van der Waals surface area contributed by atoms with Crippen molar-refractivity contribution in [2.75, 3.05) is 37.7 Å². The molecule has 8 nitrogen and oxygen atoms in total. The number of benzene rings is 1. The lowest BCUT2D eigenvalue weighted by Gasteiger charge is -2.73. The Kier molecular flexibility index (Phi) is 9.07. The molecule has 0 spiro atoms. The first-order valence-corrected chi connectivity index (χ1v) is 22.8. The van der Waals surface area contributed by atoms with Gasteiger partial charge in [-0.15, -0.1) is 0 Å². The van der Waals surface area contributed by atoms with Crippen LogP contribution in [0.3, 0.4) is 0 Å². The van der Waals surface area contributed by atoms with E-state index in [1.54, 1.807) is 12.1 Å². The predicted octanol–water partition coefficient (Wildman–Crippen LogP) is 8.33. The number of hydrazine groups is 1. The van der Waals surface area contributed by atoms with E-state index in [4.69, 9.17) is 4.99 Å². The smallest absolute Gasteiger partial charge is 0.335 e. The lowest BCUT2D eigenvalue weighted by atomic mass is 9.32. The SMILES string of the molecule is C=C(C)[C@@H]1CC[C@]2(C3(C)N=CN(CCN4CCS(=O)(=O)CC4)N3)CC[C@]3(C)C(CC[C@@H]4[C@@]5(C)CC=C(c6ccc(C(=O)O)cc6)C(C)(C)[C@@H]5CC[C@]43C)[C@@H]12. The fourth-order valence-corrected chi connectivity index (χ4v) is 16.2. The summed E-state index contributed by atoms with van der Waals surface area (Å²) < 4.78 is 24.0. The highest BCUT2D eigenvalue weighted by Crippen LogP contribution is 2.78. The molecular formula is C45H66N4O4S. The normalized spacial score (nSPS) is 43.7. The van der Waals surface area contributed by atoms with Crippen LogP contribution >= 0.6 is 0 Å². The molecule has 1 aromatic rings. The molecule has 8 rings (SSSR count). The second kappa shape index (κ2) is 12.8. The Bertz CT molecular complexity index is 1860. The molecule has 10 atom stereocenters. The molecule has 2 unspecified atom stereocenters. The van der Waals surface area contributed by atoms with Gasteiger partial charge in [0.15, 0.2) is 9.84 Å². The Hall–Kier alpha value is -2.49. The number of nitrogens with zero attached hydrogens (tertiary/aromatic N) is 3. The first-order chi connectivity index (χ1) is 25.3. The van der Waals surface area contributed by atoms with Crippen LogP contribution in [0.25, 0.3) is 5.57 Å². The molecule has 54 heavy (non-hydrogen) atoms. The van der Waals surface area contributed by atoms with Crippen molar-refractivity contribution < 1.29 is 18.3 Å². The van der Waals surface area contributed by atoms with Gasteiger partial charge < -0.3 is 5.11 Å². The van der Waals surface area contributed by atoms with E-state index >= 15 is 0 Å². The van der Waals surface area contributed by atoms with Crippen molar-refractivity contribution in [3.63, 3.8) is 0 Å². The molecule has 2 N–H and O–H groups in total. The summed E-state index contributed by atoms with van der Waals surface area (Å²) in [6, 6.07) is 7.59. The van der Waals surface area contributed by atoms with E-state index in [1.807, 2.05) is 18.5 Å². The van der Waals surface area contributed by atoms with Gasteiger partial charge in [0.05, 0.1) is 17.1 Å². The van der Waals surface area contributed by atoms with Gasteiger partial charge in [0, 0.05) is 31.6 Å². The Morgan fingerprint density at radius 3 is 2.28 bits per heavy atom. The van der Waals surface area contributed by atoms with Crippen molar-refractivity contribution in [3.8, 4) is 0 Å². The molecule has 0 amide bonds. The minimum atomic E-state index is -2.89. The molecule has 9 heteroatoms. The number of carboxylic acids is 1. The average molecular weight is 759 g/mol. The zero-order valence-electron chi connectivity index (χ0n) is 34.1. The second-order valence-electron chi connectivity index (χ2n) is 20.4. The summed E-state index contributed by atoms with van der Waals surface area (Å²) in [5.41, 5.74) is 8.55. The number of sulfone groups is 1. The molecule has 296 valence electrons. The van der Waals surface area contributed by atoms with Crippen LogP contribution in [-0.4, -0.2) is 79.1 Å². The number of aromatic carboxylic acids is 1. The first-order valence-electron chi connectivity index (χ1n) is 21.0. The van der Waals surface area contributed by atoms with Gasteiger partial charge in [-0.1, -0.05) is 65.0 Å². The molecule has 0 bridgehead atoms. The van der Waals surface area contributed by atoms with Gasteiger partial charge in [-0.25, -0.2) is 18.6 Å². The van der Waals surface area contributed by atoms with Crippen LogP contribution in [0.15, 0.2) is 47.5 Å². The van der Waals surface area contributed by atoms with Crippen molar-refractivity contribution >= 4 is 27.7 Å². The lowest BCUT2D eigenvalue weighted by Crippen LogP contribution is -2.68. The van der Waals surface area contributed by atoms with Crippen LogP contribution in [-0.2, 0) is 9.84 Å². The molecule has 5 aliphatic carbocycles. The Labute approximate surface area is 325 Å². The zero-order chi connectivity index (χ0) is 38.7. The molecule has 2 heterocycles. The Morgan fingerprint density at radius 1 is 0.907 bits per heavy atom. The van der Waals surface area contributed by atoms with Crippen molar-refractivity contribution in [1.82, 2.24) is 15.3 Å². The second-order valence-corrected chi connectivity index (χ2v) is 22.7. The van der Waals surface area contributed by atoms with Crippen LogP contribution in [0.2, 0.25) is 0 Å². The van der Waals surface area contributed by atoms with Crippen LogP contribution < -0.4 is 5.43 Å². The highest BCUT2D eigenvalue weighted by Gasteiger charge is 2.73. The van der Waals surface area contributed by atoms with Crippen LogP contribution in [0.1, 0.15) is 122 Å². The molecule has 1 saturated heterocycles. The third-order valence-corrected chi connectivity index (χ3v) is 19.6. The van der Waals surface area contributed by atoms with Gasteiger partial charge in [0.1, 0.15) is 12.0 Å². The summed E-state index contributed by atoms with van der Waals surface area (Å²) in [7, 11) is -2.89. The molecule has 0 aromatic heterocycles. The van der Waals surface area contributed by atoms with Crippen molar-refractivity contribution in [2.45, 2.75) is 112 Å². The van der Waals surface area contributed by atoms with Gasteiger partial charge in [-0.3, -0.25) is 14.9 Å². The fourth-order valence-electron chi connectivity index (χ4n) is 15.0. The van der Waals surface area contributed by atoms with Crippen molar-refractivity contribution in [3.05, 3.63) is 53.6 Å². The van der Waals surface area contributed by atoms with E-state index in [0.717, 1.165) is 19.5 Å². The maximum Gasteiger partial charge on any atom is 0.335 e. The molecule has 2 aliphatic heterocycles. The van der Waals surface area contributed by atoms with Gasteiger partial charge in [0.2, 0.25) is 0 Å². The third-order valence-electron chi connectivity index (χ3n) is 18.0. The van der Waals surface area contributed by atoms with Crippen LogP contribution in [0, 0.1) is 56.7 Å². The number of hydrogen-bond acceptors (Lipinski definition) is 7. The number of nitrogens with one attached hydrogen (secondary N) is 1. The number of aliphatic imine (C=N–C) groups is 1. The van der Waals surface area contributed by atoms with E-state index in [0.29, 0.717) is 48.2 Å². The van der Waals surface area contributed by atoms with Gasteiger partial charge in [0.25, 0.3) is 0 Å². The number of rotatable bonds is 7. The topological polar surface area (TPSA) is 102 Å². The largest absolute Gasteiger partial charge is 0.478 e. The Morgan fingerprint density at radius 2 is 1.61 bits per heavy atom. The van der Waals surface area contributed by atoms with Gasteiger partial charge in [-0.2, -0.15) is 0 Å². The summed E-state index contributed by atoms with van der Waals surface area (Å²) in [4.78, 5) is 19.3. The standard InChI is InChI=1S/C45H66N4O4S/c1-30(2)33-15-20-45(44(8)46-29-49(47-44)24-23-48-25-27-54(52,53)28-26-48)22-21-42(6)35(38(33)45)13-14-37-41(5)18-16-34(31-9-11-32(12-10-31)39(50)51)40(3,4)36(41)17-19-43(37,42)7/h9-12,16,29,33,35-38,47H,1,13-15,17-28H2,2-8H3,(H,50,51)/t33-,35?,36-,37+,38+,41-,42+,43+,44?,45-/m0/s1. The van der Waals surface area contributed by atoms with Crippen molar-refractivity contribution in [1.29, 1.82) is 0 Å². The maximum absolute atomic E-state index is 12.0. The summed E-state index contributed by atoms with van der Waals surface area (Å²) in [5, 5.41) is 11.7. The maximum atomic E-state index is 12.0. The lowest BCUT2D eigenvalue weighted by molar-refractivity contribution is -0.233. The van der Waals surface area contributed by atoms with Crippen molar-refractivity contribution in [2.24, 2.45) is 61.7 Å². The average Bonchev–Trinajstić information content (AvgIpc) is 3.71. The minimum Gasteiger partial charge on any atom is -0.478 e. The Balaban J connectivity index is 1.06. The highest BCUT2D eigenvalue weighted by atomic mass is 32.2. The molecular weight excluding hydrogens is 693 g/mol. The zero-order valence-corrected chi connectivity index (χ0v) is 34.9. The number of hydrogen-bond donors (Lipinski definition) is 2. The monoisotopic (exact) mass is 758 g/mol. The van der Waals surface area contributed by atoms with E-state index in [9.17, 15) is 18.3 Å². The first kappa shape index (κ1) is 38.4. The van der Waals surface area contributed by atoms with Gasteiger partial charge >= 0.3 is 5.97 Å². The van der Waals surface area contributed by atoms with Crippen LogP contribution in [0.4, 0.5) is 0 Å². The summed E-state index contributed by atoms with van der Waals surface area (Å²) in [5.74, 6) is 2.52.